The maximum Gasteiger partial charge on any atom is 0.141 e. The number of halogens is 2. The molecule has 0 atom stereocenters. The molecule has 0 aromatic carbocycles. The number of nitrogens with zero attached hydrogens (tertiary/aromatic N) is 1. The van der Waals surface area contributed by atoms with Crippen LogP contribution in [0.5, 0.6) is 0 Å². The van der Waals surface area contributed by atoms with Gasteiger partial charge in [0.25, 0.3) is 0 Å². The summed E-state index contributed by atoms with van der Waals surface area (Å²) in [6, 6.07) is 3.04. The van der Waals surface area contributed by atoms with Crippen molar-refractivity contribution >= 4 is 17.4 Å². The maximum atomic E-state index is 12.6. The molecule has 1 N–H and O–H groups in total. The lowest BCUT2D eigenvalue weighted by Crippen LogP contribution is -2.30. The van der Waals surface area contributed by atoms with E-state index in [9.17, 15) is 4.39 Å². The smallest absolute Gasteiger partial charge is 0.141 e. The van der Waals surface area contributed by atoms with E-state index in [0.29, 0.717) is 11.7 Å². The summed E-state index contributed by atoms with van der Waals surface area (Å²) in [7, 11) is 0. The molecule has 2 nitrogen and oxygen atoms in total. The highest BCUT2D eigenvalue weighted by Crippen LogP contribution is 2.28. The fraction of sp³-hybridized carbons (Fsp3) is 0.583. The molecule has 0 aliphatic carbocycles. The van der Waals surface area contributed by atoms with E-state index in [4.69, 9.17) is 11.6 Å². The summed E-state index contributed by atoms with van der Waals surface area (Å²) in [5, 5.41) is 3.20. The zero-order valence-electron chi connectivity index (χ0n) is 9.76. The summed E-state index contributed by atoms with van der Waals surface area (Å²) in [5.74, 6) is 0.992. The van der Waals surface area contributed by atoms with E-state index < -0.39 is 0 Å². The predicted molar refractivity (Wildman–Crippen MR) is 66.4 cm³/mol. The fourth-order valence-corrected chi connectivity index (χ4v) is 1.97. The molecule has 0 spiro atoms. The molecule has 16 heavy (non-hydrogen) atoms. The maximum absolute atomic E-state index is 12.6. The molecule has 0 aliphatic rings. The van der Waals surface area contributed by atoms with Gasteiger partial charge in [-0.3, -0.25) is 0 Å². The van der Waals surface area contributed by atoms with Gasteiger partial charge in [0.15, 0.2) is 0 Å². The third-order valence-corrected chi connectivity index (χ3v) is 3.72. The highest BCUT2D eigenvalue weighted by atomic mass is 35.5. The van der Waals surface area contributed by atoms with E-state index in [1.54, 1.807) is 6.07 Å². The summed E-state index contributed by atoms with van der Waals surface area (Å²) in [4.78, 5) is 3.96. The minimum Gasteiger partial charge on any atom is -0.369 e. The minimum atomic E-state index is -0.319. The number of nitrogens with one attached hydrogen (secondary N) is 1. The third kappa shape index (κ3) is 3.34. The van der Waals surface area contributed by atoms with Crippen LogP contribution in [0.15, 0.2) is 18.3 Å². The van der Waals surface area contributed by atoms with Gasteiger partial charge in [-0.1, -0.05) is 13.8 Å². The normalized spacial score (nSPS) is 11.5. The predicted octanol–water partition coefficient (Wildman–Crippen LogP) is 3.68. The Kier molecular flexibility index (Phi) is 5.00. The van der Waals surface area contributed by atoms with Crippen molar-refractivity contribution in [3.8, 4) is 0 Å². The zero-order chi connectivity index (χ0) is 12.0. The Morgan fingerprint density at radius 3 is 2.50 bits per heavy atom. The van der Waals surface area contributed by atoms with Gasteiger partial charge in [-0.15, -0.1) is 11.6 Å². The molecule has 4 heteroatoms. The molecule has 0 fully saturated rings. The standard InChI is InChI=1S/C12H18ClFN2/c1-3-12(4-2,8-13)9-16-11-6-5-10(14)7-15-11/h5-7H,3-4,8-9H2,1-2H3,(H,15,16). The lowest BCUT2D eigenvalue weighted by Gasteiger charge is -2.29. The van der Waals surface area contributed by atoms with Gasteiger partial charge in [0.2, 0.25) is 0 Å². The molecule has 1 rings (SSSR count). The second-order valence-corrected chi connectivity index (χ2v) is 4.32. The molecule has 1 heterocycles. The van der Waals surface area contributed by atoms with Crippen molar-refractivity contribution < 1.29 is 4.39 Å². The van der Waals surface area contributed by atoms with E-state index in [2.05, 4.69) is 24.1 Å². The van der Waals surface area contributed by atoms with E-state index in [1.807, 2.05) is 0 Å². The molecule has 0 saturated carbocycles. The van der Waals surface area contributed by atoms with Crippen LogP contribution in [0, 0.1) is 11.2 Å². The number of alkyl halides is 1. The molecule has 0 unspecified atom stereocenters. The van der Waals surface area contributed by atoms with Crippen LogP contribution >= 0.6 is 11.6 Å². The first kappa shape index (κ1) is 13.2. The van der Waals surface area contributed by atoms with Gasteiger partial charge in [0.05, 0.1) is 6.20 Å². The van der Waals surface area contributed by atoms with Crippen LogP contribution in [-0.4, -0.2) is 17.4 Å². The van der Waals surface area contributed by atoms with Gasteiger partial charge in [-0.05, 0) is 25.0 Å². The number of hydrogen-bond donors (Lipinski definition) is 1. The highest BCUT2D eigenvalue weighted by Gasteiger charge is 2.24. The third-order valence-electron chi connectivity index (χ3n) is 3.16. The number of rotatable bonds is 6. The number of aromatic nitrogens is 1. The van der Waals surface area contributed by atoms with Crippen molar-refractivity contribution in [1.29, 1.82) is 0 Å². The van der Waals surface area contributed by atoms with Crippen molar-refractivity contribution in [3.05, 3.63) is 24.1 Å². The van der Waals surface area contributed by atoms with Crippen molar-refractivity contribution in [2.75, 3.05) is 17.7 Å². The fourth-order valence-electron chi connectivity index (χ4n) is 1.49. The molecule has 1 aromatic heterocycles. The van der Waals surface area contributed by atoms with Crippen LogP contribution in [0.2, 0.25) is 0 Å². The number of anilines is 1. The molecule has 0 aliphatic heterocycles. The molecular weight excluding hydrogens is 227 g/mol. The Bertz CT molecular complexity index is 301. The zero-order valence-corrected chi connectivity index (χ0v) is 10.5. The van der Waals surface area contributed by atoms with Crippen molar-refractivity contribution in [2.45, 2.75) is 26.7 Å². The van der Waals surface area contributed by atoms with Gasteiger partial charge in [0, 0.05) is 17.8 Å². The lowest BCUT2D eigenvalue weighted by molar-refractivity contribution is 0.326. The molecule has 0 amide bonds. The average molecular weight is 245 g/mol. The Morgan fingerprint density at radius 1 is 1.38 bits per heavy atom. The van der Waals surface area contributed by atoms with Gasteiger partial charge in [0.1, 0.15) is 11.6 Å². The van der Waals surface area contributed by atoms with Crippen LogP contribution in [0.4, 0.5) is 10.2 Å². The number of pyridine rings is 1. The van der Waals surface area contributed by atoms with Gasteiger partial charge < -0.3 is 5.32 Å². The molecular formula is C12H18ClFN2. The second kappa shape index (κ2) is 6.04. The lowest BCUT2D eigenvalue weighted by atomic mass is 9.84. The first-order valence-electron chi connectivity index (χ1n) is 5.57. The first-order chi connectivity index (χ1) is 7.65. The Hall–Kier alpha value is -0.830. The van der Waals surface area contributed by atoms with Gasteiger partial charge >= 0.3 is 0 Å². The van der Waals surface area contributed by atoms with E-state index in [0.717, 1.165) is 19.4 Å². The Balaban J connectivity index is 2.58. The summed E-state index contributed by atoms with van der Waals surface area (Å²) >= 11 is 6.00. The monoisotopic (exact) mass is 244 g/mol. The van der Waals surface area contributed by atoms with Crippen LogP contribution in [-0.2, 0) is 0 Å². The van der Waals surface area contributed by atoms with Crippen LogP contribution in [0.25, 0.3) is 0 Å². The molecule has 90 valence electrons. The Labute approximate surface area is 101 Å². The quantitative estimate of drug-likeness (QED) is 0.773. The average Bonchev–Trinajstić information content (AvgIpc) is 2.34. The Morgan fingerprint density at radius 2 is 2.06 bits per heavy atom. The van der Waals surface area contributed by atoms with Gasteiger partial charge in [-0.2, -0.15) is 0 Å². The molecule has 0 saturated heterocycles. The summed E-state index contributed by atoms with van der Waals surface area (Å²) in [5.41, 5.74) is 0.0949. The largest absolute Gasteiger partial charge is 0.369 e. The van der Waals surface area contributed by atoms with Crippen molar-refractivity contribution in [3.63, 3.8) is 0 Å². The summed E-state index contributed by atoms with van der Waals surface area (Å²) in [6.07, 6.45) is 3.24. The van der Waals surface area contributed by atoms with Crippen molar-refractivity contribution in [1.82, 2.24) is 4.98 Å². The second-order valence-electron chi connectivity index (χ2n) is 4.06. The first-order valence-corrected chi connectivity index (χ1v) is 6.10. The SMILES string of the molecule is CCC(CC)(CCl)CNc1ccc(F)cn1. The van der Waals surface area contributed by atoms with E-state index >= 15 is 0 Å². The van der Waals surface area contributed by atoms with E-state index in [1.165, 1.54) is 12.3 Å². The molecule has 1 aromatic rings. The van der Waals surface area contributed by atoms with Crippen LogP contribution in [0.3, 0.4) is 0 Å². The summed E-state index contributed by atoms with van der Waals surface area (Å²) in [6.45, 7) is 5.03. The minimum absolute atomic E-state index is 0.0949. The topological polar surface area (TPSA) is 24.9 Å². The molecule has 0 radical (unpaired) electrons. The van der Waals surface area contributed by atoms with Crippen LogP contribution < -0.4 is 5.32 Å². The summed E-state index contributed by atoms with van der Waals surface area (Å²) < 4.78 is 12.6. The number of hydrogen-bond acceptors (Lipinski definition) is 2. The molecule has 0 bridgehead atoms. The van der Waals surface area contributed by atoms with Crippen molar-refractivity contribution in [2.24, 2.45) is 5.41 Å². The van der Waals surface area contributed by atoms with Crippen LogP contribution in [0.1, 0.15) is 26.7 Å². The van der Waals surface area contributed by atoms with E-state index in [-0.39, 0.29) is 11.2 Å². The highest BCUT2D eigenvalue weighted by molar-refractivity contribution is 6.18. The van der Waals surface area contributed by atoms with Gasteiger partial charge in [-0.25, -0.2) is 9.37 Å².